The number of ether oxygens (including phenoxy) is 1. The van der Waals surface area contributed by atoms with Gasteiger partial charge in [-0.25, -0.2) is 9.37 Å². The van der Waals surface area contributed by atoms with Crippen molar-refractivity contribution in [2.24, 2.45) is 7.05 Å². The van der Waals surface area contributed by atoms with E-state index in [4.69, 9.17) is 9.72 Å². The third-order valence-corrected chi connectivity index (χ3v) is 4.94. The number of aryl methyl sites for hydroxylation is 2. The molecule has 6 nitrogen and oxygen atoms in total. The van der Waals surface area contributed by atoms with Gasteiger partial charge in [0.25, 0.3) is 5.91 Å². The number of methoxy groups -OCH3 is 1. The second-order valence-electron chi connectivity index (χ2n) is 6.98. The van der Waals surface area contributed by atoms with Crippen LogP contribution in [0.4, 0.5) is 10.1 Å². The van der Waals surface area contributed by atoms with Gasteiger partial charge in [0.05, 0.1) is 28.9 Å². The van der Waals surface area contributed by atoms with E-state index in [-0.39, 0.29) is 12.5 Å². The van der Waals surface area contributed by atoms with Crippen LogP contribution in [0.5, 0.6) is 0 Å². The summed E-state index contributed by atoms with van der Waals surface area (Å²) in [5.41, 5.74) is 3.94. The fourth-order valence-corrected chi connectivity index (χ4v) is 3.54. The molecule has 0 fully saturated rings. The first-order valence-electron chi connectivity index (χ1n) is 9.47. The number of anilines is 1. The largest absolute Gasteiger partial charge is 0.380 e. The van der Waals surface area contributed by atoms with Crippen molar-refractivity contribution in [1.29, 1.82) is 0 Å². The molecule has 0 aliphatic carbocycles. The second kappa shape index (κ2) is 8.04. The van der Waals surface area contributed by atoms with Crippen molar-refractivity contribution < 1.29 is 13.9 Å². The quantitative estimate of drug-likeness (QED) is 0.532. The second-order valence-corrected chi connectivity index (χ2v) is 6.98. The average Bonchev–Trinajstić information content (AvgIpc) is 3.04. The number of amides is 1. The summed E-state index contributed by atoms with van der Waals surface area (Å²) in [5.74, 6) is -0.796. The summed E-state index contributed by atoms with van der Waals surface area (Å²) in [6.07, 6.45) is 0. The summed E-state index contributed by atoms with van der Waals surface area (Å²) >= 11 is 0. The molecule has 2 aromatic carbocycles. The number of nitrogens with one attached hydrogen (secondary N) is 1. The van der Waals surface area contributed by atoms with Crippen LogP contribution in [0.25, 0.3) is 22.3 Å². The number of halogens is 1. The average molecular weight is 404 g/mol. The van der Waals surface area contributed by atoms with E-state index < -0.39 is 5.82 Å². The Kier molecular flexibility index (Phi) is 5.29. The first-order valence-corrected chi connectivity index (χ1v) is 9.47. The summed E-state index contributed by atoms with van der Waals surface area (Å²) in [7, 11) is 3.28. The maximum atomic E-state index is 14.2. The van der Waals surface area contributed by atoms with Crippen molar-refractivity contribution in [3.05, 3.63) is 77.2 Å². The van der Waals surface area contributed by atoms with Gasteiger partial charge >= 0.3 is 0 Å². The number of pyridine rings is 1. The van der Waals surface area contributed by atoms with Crippen LogP contribution in [0, 0.1) is 12.7 Å². The van der Waals surface area contributed by atoms with Crippen molar-refractivity contribution in [3.63, 3.8) is 0 Å². The zero-order valence-electron chi connectivity index (χ0n) is 16.9. The molecule has 1 N–H and O–H groups in total. The van der Waals surface area contributed by atoms with E-state index in [1.54, 1.807) is 29.9 Å². The molecule has 4 rings (SSSR count). The van der Waals surface area contributed by atoms with Gasteiger partial charge in [0.15, 0.2) is 5.65 Å². The number of carbonyl (C=O) groups is 1. The smallest absolute Gasteiger partial charge is 0.256 e. The molecule has 1 amide bonds. The summed E-state index contributed by atoms with van der Waals surface area (Å²) in [6.45, 7) is 1.89. The first kappa shape index (κ1) is 19.7. The van der Waals surface area contributed by atoms with Crippen LogP contribution in [-0.2, 0) is 18.4 Å². The molecule has 0 unspecified atom stereocenters. The Morgan fingerprint density at radius 1 is 1.17 bits per heavy atom. The van der Waals surface area contributed by atoms with Crippen molar-refractivity contribution in [3.8, 4) is 11.3 Å². The molecule has 30 heavy (non-hydrogen) atoms. The Labute approximate surface area is 173 Å². The molecular formula is C23H21FN4O2. The summed E-state index contributed by atoms with van der Waals surface area (Å²) in [5, 5.41) is 7.93. The highest BCUT2D eigenvalue weighted by Gasteiger charge is 2.20. The number of fused-ring (bicyclic) bond motifs is 1. The molecule has 0 saturated carbocycles. The van der Waals surface area contributed by atoms with Crippen molar-refractivity contribution in [2.75, 3.05) is 12.4 Å². The normalized spacial score (nSPS) is 11.1. The van der Waals surface area contributed by atoms with E-state index >= 15 is 0 Å². The van der Waals surface area contributed by atoms with E-state index in [1.807, 2.05) is 37.3 Å². The van der Waals surface area contributed by atoms with Gasteiger partial charge in [-0.2, -0.15) is 5.10 Å². The molecule has 7 heteroatoms. The molecule has 4 aromatic rings. The maximum absolute atomic E-state index is 14.2. The van der Waals surface area contributed by atoms with Crippen LogP contribution in [-0.4, -0.2) is 27.8 Å². The molecule has 2 heterocycles. The number of aromatic nitrogens is 3. The van der Waals surface area contributed by atoms with E-state index in [1.165, 1.54) is 13.2 Å². The first-order chi connectivity index (χ1) is 14.5. The molecule has 2 aromatic heterocycles. The van der Waals surface area contributed by atoms with Gasteiger partial charge in [0.1, 0.15) is 5.82 Å². The van der Waals surface area contributed by atoms with Crippen molar-refractivity contribution in [1.82, 2.24) is 14.8 Å². The molecule has 0 aliphatic rings. The van der Waals surface area contributed by atoms with Crippen molar-refractivity contribution >= 4 is 22.6 Å². The Bertz CT molecular complexity index is 1240. The zero-order chi connectivity index (χ0) is 21.3. The minimum absolute atomic E-state index is 0.0508. The zero-order valence-corrected chi connectivity index (χ0v) is 16.9. The highest BCUT2D eigenvalue weighted by atomic mass is 19.1. The van der Waals surface area contributed by atoms with Crippen LogP contribution in [0.2, 0.25) is 0 Å². The predicted octanol–water partition coefficient (Wildman–Crippen LogP) is 4.48. The minimum atomic E-state index is -0.433. The van der Waals surface area contributed by atoms with Gasteiger partial charge in [-0.05, 0) is 25.1 Å². The fourth-order valence-electron chi connectivity index (χ4n) is 3.54. The highest BCUT2D eigenvalue weighted by Crippen LogP contribution is 2.28. The minimum Gasteiger partial charge on any atom is -0.380 e. The van der Waals surface area contributed by atoms with Gasteiger partial charge in [0, 0.05) is 31.0 Å². The highest BCUT2D eigenvalue weighted by molar-refractivity contribution is 6.13. The Hall–Kier alpha value is -3.58. The molecule has 152 valence electrons. The SMILES string of the molecule is COCc1c(F)cccc1NC(=O)c1cc(-c2ccccc2)nc2c1c(C)nn2C. The standard InChI is InChI=1S/C23H21FN4O2/c1-14-21-16(23(29)26-19-11-7-10-18(24)17(19)13-30-3)12-20(15-8-5-4-6-9-15)25-22(21)28(2)27-14/h4-12H,13H2,1-3H3,(H,26,29). The number of nitrogens with zero attached hydrogens (tertiary/aromatic N) is 3. The van der Waals surface area contributed by atoms with Crippen LogP contribution in [0.1, 0.15) is 21.6 Å². The lowest BCUT2D eigenvalue weighted by Gasteiger charge is -2.13. The molecule has 0 saturated heterocycles. The van der Waals surface area contributed by atoms with E-state index in [0.29, 0.717) is 39.2 Å². The topological polar surface area (TPSA) is 69.0 Å². The van der Waals surface area contributed by atoms with Gasteiger partial charge in [0.2, 0.25) is 0 Å². The molecule has 0 radical (unpaired) electrons. The summed E-state index contributed by atoms with van der Waals surface area (Å²) in [4.78, 5) is 18.0. The molecule has 0 spiro atoms. The van der Waals surface area contributed by atoms with Crippen LogP contribution < -0.4 is 5.32 Å². The van der Waals surface area contributed by atoms with Gasteiger partial charge in [-0.15, -0.1) is 0 Å². The van der Waals surface area contributed by atoms with Crippen LogP contribution in [0.3, 0.4) is 0 Å². The predicted molar refractivity (Wildman–Crippen MR) is 114 cm³/mol. The van der Waals surface area contributed by atoms with Gasteiger partial charge in [-0.1, -0.05) is 36.4 Å². The van der Waals surface area contributed by atoms with Gasteiger partial charge < -0.3 is 10.1 Å². The maximum Gasteiger partial charge on any atom is 0.256 e. The van der Waals surface area contributed by atoms with Crippen molar-refractivity contribution in [2.45, 2.75) is 13.5 Å². The molecule has 0 bridgehead atoms. The number of hydrogen-bond donors (Lipinski definition) is 1. The Morgan fingerprint density at radius 2 is 1.93 bits per heavy atom. The van der Waals surface area contributed by atoms with E-state index in [0.717, 1.165) is 5.56 Å². The lowest BCUT2D eigenvalue weighted by atomic mass is 10.0. The number of rotatable bonds is 5. The molecular weight excluding hydrogens is 383 g/mol. The Morgan fingerprint density at radius 3 is 2.67 bits per heavy atom. The van der Waals surface area contributed by atoms with Crippen LogP contribution >= 0.6 is 0 Å². The fraction of sp³-hybridized carbons (Fsp3) is 0.174. The van der Waals surface area contributed by atoms with Crippen LogP contribution in [0.15, 0.2) is 54.6 Å². The van der Waals surface area contributed by atoms with E-state index in [2.05, 4.69) is 10.4 Å². The number of carbonyl (C=O) groups excluding carboxylic acids is 1. The summed E-state index contributed by atoms with van der Waals surface area (Å²) in [6, 6.07) is 15.9. The van der Waals surface area contributed by atoms with Gasteiger partial charge in [-0.3, -0.25) is 9.48 Å². The number of benzene rings is 2. The third-order valence-electron chi connectivity index (χ3n) is 4.94. The third kappa shape index (κ3) is 3.55. The lowest BCUT2D eigenvalue weighted by Crippen LogP contribution is -2.15. The monoisotopic (exact) mass is 404 g/mol. The Balaban J connectivity index is 1.84. The number of hydrogen-bond acceptors (Lipinski definition) is 4. The molecule has 0 aliphatic heterocycles. The lowest BCUT2D eigenvalue weighted by molar-refractivity contribution is 0.102. The molecule has 0 atom stereocenters. The summed E-state index contributed by atoms with van der Waals surface area (Å²) < 4.78 is 21.0. The van der Waals surface area contributed by atoms with E-state index in [9.17, 15) is 9.18 Å².